The second kappa shape index (κ2) is 10.3. The Kier molecular flexibility index (Phi) is 6.79. The molecule has 33 heavy (non-hydrogen) atoms. The largest absolute Gasteiger partial charge is 0.497 e. The van der Waals surface area contributed by atoms with Gasteiger partial charge in [-0.15, -0.1) is 0 Å². The number of benzene rings is 2. The van der Waals surface area contributed by atoms with Crippen LogP contribution >= 0.6 is 0 Å². The van der Waals surface area contributed by atoms with Crippen molar-refractivity contribution in [2.45, 2.75) is 19.0 Å². The first-order valence-electron chi connectivity index (χ1n) is 10.3. The normalized spacial score (nSPS) is 11.5. The van der Waals surface area contributed by atoms with E-state index in [1.165, 1.54) is 6.26 Å². The van der Waals surface area contributed by atoms with Crippen molar-refractivity contribution in [3.05, 3.63) is 90.1 Å². The van der Waals surface area contributed by atoms with E-state index in [0.29, 0.717) is 18.1 Å². The fraction of sp³-hybridized carbons (Fsp3) is 0.167. The van der Waals surface area contributed by atoms with Gasteiger partial charge in [-0.25, -0.2) is 4.98 Å². The Morgan fingerprint density at radius 3 is 2.55 bits per heavy atom. The summed E-state index contributed by atoms with van der Waals surface area (Å²) in [5.74, 6) is 1.07. The number of carbonyl (C=O) groups excluding carboxylic acids is 2. The Bertz CT molecular complexity index is 1190. The van der Waals surface area contributed by atoms with E-state index in [9.17, 15) is 9.59 Å². The number of hydrogen-bond acceptors (Lipinski definition) is 6. The molecule has 0 aliphatic rings. The van der Waals surface area contributed by atoms with Crippen LogP contribution in [0.4, 0.5) is 0 Å². The molecule has 1 unspecified atom stereocenters. The monoisotopic (exact) mass is 445 g/mol. The number of rotatable bonds is 9. The van der Waals surface area contributed by atoms with E-state index in [2.05, 4.69) is 25.8 Å². The summed E-state index contributed by atoms with van der Waals surface area (Å²) in [5.41, 5.74) is 1.73. The van der Waals surface area contributed by atoms with Gasteiger partial charge in [-0.1, -0.05) is 30.3 Å². The summed E-state index contributed by atoms with van der Waals surface area (Å²) in [4.78, 5) is 29.8. The molecule has 1 atom stereocenters. The second-order valence-electron chi connectivity index (χ2n) is 7.25. The first-order valence-corrected chi connectivity index (χ1v) is 10.3. The lowest BCUT2D eigenvalue weighted by Crippen LogP contribution is -2.47. The Morgan fingerprint density at radius 1 is 1.06 bits per heavy atom. The molecule has 4 rings (SSSR count). The third-order valence-electron chi connectivity index (χ3n) is 4.96. The van der Waals surface area contributed by atoms with Crippen LogP contribution in [0.2, 0.25) is 0 Å². The summed E-state index contributed by atoms with van der Waals surface area (Å²) in [6, 6.07) is 19.2. The number of aromatic nitrogens is 3. The summed E-state index contributed by atoms with van der Waals surface area (Å²) in [7, 11) is 1.60. The van der Waals surface area contributed by atoms with Gasteiger partial charge in [0.15, 0.2) is 11.6 Å². The number of ether oxygens (including phenoxy) is 1. The smallest absolute Gasteiger partial charge is 0.287 e. The number of H-pyrrole nitrogens is 1. The van der Waals surface area contributed by atoms with Crippen molar-refractivity contribution in [2.24, 2.45) is 0 Å². The van der Waals surface area contributed by atoms with Gasteiger partial charge in [-0.05, 0) is 42.0 Å². The zero-order chi connectivity index (χ0) is 23.0. The van der Waals surface area contributed by atoms with Crippen molar-refractivity contribution >= 4 is 11.8 Å². The van der Waals surface area contributed by atoms with E-state index >= 15 is 0 Å². The highest BCUT2D eigenvalue weighted by atomic mass is 16.5. The van der Waals surface area contributed by atoms with Crippen molar-refractivity contribution in [1.82, 2.24) is 25.8 Å². The van der Waals surface area contributed by atoms with E-state index in [1.54, 1.807) is 19.2 Å². The van der Waals surface area contributed by atoms with Crippen LogP contribution in [0, 0.1) is 0 Å². The van der Waals surface area contributed by atoms with Gasteiger partial charge in [-0.3, -0.25) is 14.7 Å². The van der Waals surface area contributed by atoms with Crippen LogP contribution in [-0.2, 0) is 17.8 Å². The van der Waals surface area contributed by atoms with Gasteiger partial charge in [0.1, 0.15) is 17.6 Å². The van der Waals surface area contributed by atoms with Crippen molar-refractivity contribution in [1.29, 1.82) is 0 Å². The van der Waals surface area contributed by atoms with Crippen LogP contribution < -0.4 is 15.4 Å². The highest BCUT2D eigenvalue weighted by Crippen LogP contribution is 2.18. The minimum atomic E-state index is -0.797. The summed E-state index contributed by atoms with van der Waals surface area (Å²) in [5, 5.41) is 12.6. The van der Waals surface area contributed by atoms with Gasteiger partial charge in [0, 0.05) is 12.0 Å². The van der Waals surface area contributed by atoms with Gasteiger partial charge in [0.2, 0.25) is 5.91 Å². The first-order chi connectivity index (χ1) is 16.1. The zero-order valence-corrected chi connectivity index (χ0v) is 17.9. The fourth-order valence-electron chi connectivity index (χ4n) is 3.23. The maximum absolute atomic E-state index is 12.9. The summed E-state index contributed by atoms with van der Waals surface area (Å²) in [6.45, 7) is 0.129. The van der Waals surface area contributed by atoms with Crippen molar-refractivity contribution < 1.29 is 18.7 Å². The van der Waals surface area contributed by atoms with E-state index < -0.39 is 11.9 Å². The van der Waals surface area contributed by atoms with Crippen LogP contribution in [0.3, 0.4) is 0 Å². The summed E-state index contributed by atoms with van der Waals surface area (Å²) in [6.07, 6.45) is 1.73. The predicted octanol–water partition coefficient (Wildman–Crippen LogP) is 2.73. The van der Waals surface area contributed by atoms with Gasteiger partial charge < -0.3 is 19.8 Å². The molecule has 2 amide bonds. The third-order valence-corrected chi connectivity index (χ3v) is 4.96. The second-order valence-corrected chi connectivity index (χ2v) is 7.25. The van der Waals surface area contributed by atoms with Crippen LogP contribution in [-0.4, -0.2) is 40.1 Å². The summed E-state index contributed by atoms with van der Waals surface area (Å²) >= 11 is 0. The average Bonchev–Trinajstić information content (AvgIpc) is 3.55. The van der Waals surface area contributed by atoms with Crippen molar-refractivity contribution in [3.8, 4) is 17.1 Å². The predicted molar refractivity (Wildman–Crippen MR) is 120 cm³/mol. The molecule has 2 heterocycles. The molecule has 0 spiro atoms. The Hall–Kier alpha value is -4.40. The number of aromatic amines is 1. The topological polar surface area (TPSA) is 122 Å². The number of furan rings is 1. The molecule has 0 bridgehead atoms. The highest BCUT2D eigenvalue weighted by molar-refractivity contribution is 5.95. The van der Waals surface area contributed by atoms with E-state index in [0.717, 1.165) is 16.9 Å². The lowest BCUT2D eigenvalue weighted by atomic mass is 10.1. The third kappa shape index (κ3) is 5.65. The minimum Gasteiger partial charge on any atom is -0.497 e. The molecule has 2 aromatic heterocycles. The molecule has 2 aromatic carbocycles. The Balaban J connectivity index is 1.41. The van der Waals surface area contributed by atoms with Crippen LogP contribution in [0.5, 0.6) is 5.75 Å². The molecule has 0 saturated carbocycles. The quantitative estimate of drug-likeness (QED) is 0.364. The molecule has 0 radical (unpaired) electrons. The molecule has 0 aliphatic heterocycles. The van der Waals surface area contributed by atoms with Crippen LogP contribution in [0.1, 0.15) is 21.9 Å². The molecule has 3 N–H and O–H groups in total. The highest BCUT2D eigenvalue weighted by Gasteiger charge is 2.23. The zero-order valence-electron chi connectivity index (χ0n) is 17.9. The van der Waals surface area contributed by atoms with E-state index in [1.807, 2.05) is 54.6 Å². The molecule has 168 valence electrons. The van der Waals surface area contributed by atoms with Crippen LogP contribution in [0.25, 0.3) is 11.4 Å². The van der Waals surface area contributed by atoms with E-state index in [4.69, 9.17) is 9.15 Å². The molecule has 9 nitrogen and oxygen atoms in total. The minimum absolute atomic E-state index is 0.129. The Morgan fingerprint density at radius 2 is 1.85 bits per heavy atom. The van der Waals surface area contributed by atoms with Crippen molar-refractivity contribution in [2.75, 3.05) is 7.11 Å². The number of methoxy groups -OCH3 is 1. The molecule has 4 aromatic rings. The van der Waals surface area contributed by atoms with Gasteiger partial charge in [0.05, 0.1) is 19.9 Å². The maximum Gasteiger partial charge on any atom is 0.287 e. The number of carbonyl (C=O) groups is 2. The molecular weight excluding hydrogens is 422 g/mol. The SMILES string of the molecule is COc1ccc(-c2n[nH]c(CNC(=O)C(Cc3ccccc3)NC(=O)c3ccco3)n2)cc1. The van der Waals surface area contributed by atoms with E-state index in [-0.39, 0.29) is 18.2 Å². The summed E-state index contributed by atoms with van der Waals surface area (Å²) < 4.78 is 10.3. The lowest BCUT2D eigenvalue weighted by Gasteiger charge is -2.17. The maximum atomic E-state index is 12.9. The van der Waals surface area contributed by atoms with Gasteiger partial charge >= 0.3 is 0 Å². The lowest BCUT2D eigenvalue weighted by molar-refractivity contribution is -0.123. The Labute approximate surface area is 190 Å². The molecule has 0 saturated heterocycles. The number of nitrogens with one attached hydrogen (secondary N) is 3. The van der Waals surface area contributed by atoms with Crippen LogP contribution in [0.15, 0.2) is 77.4 Å². The number of nitrogens with zero attached hydrogens (tertiary/aromatic N) is 2. The first kappa shape index (κ1) is 21.8. The molecular formula is C24H23N5O4. The van der Waals surface area contributed by atoms with Gasteiger partial charge in [-0.2, -0.15) is 5.10 Å². The standard InChI is InChI=1S/C24H23N5O4/c1-32-18-11-9-17(10-12-18)22-27-21(28-29-22)15-25-23(30)19(14-16-6-3-2-4-7-16)26-24(31)20-8-5-13-33-20/h2-13,19H,14-15H2,1H3,(H,25,30)(H,26,31)(H,27,28,29). The molecule has 9 heteroatoms. The van der Waals surface area contributed by atoms with Crippen molar-refractivity contribution in [3.63, 3.8) is 0 Å². The molecule has 0 fully saturated rings. The van der Waals surface area contributed by atoms with Gasteiger partial charge in [0.25, 0.3) is 5.91 Å². The average molecular weight is 445 g/mol. The fourth-order valence-corrected chi connectivity index (χ4v) is 3.23. The molecule has 0 aliphatic carbocycles. The number of hydrogen-bond donors (Lipinski definition) is 3. The number of amides is 2.